The van der Waals surface area contributed by atoms with E-state index in [1.807, 2.05) is 0 Å². The van der Waals surface area contributed by atoms with Crippen molar-refractivity contribution in [3.8, 4) is 0 Å². The summed E-state index contributed by atoms with van der Waals surface area (Å²) < 4.78 is 41.4. The minimum atomic E-state index is -3.80. The first-order valence-electron chi connectivity index (χ1n) is 5.21. The SMILES string of the molecule is O=C(c1cccc(F)c1)C(F)(F)c1ccc(Br)cn1. The van der Waals surface area contributed by atoms with Crippen LogP contribution in [0, 0.1) is 5.82 Å². The van der Waals surface area contributed by atoms with Gasteiger partial charge in [0.05, 0.1) is 0 Å². The molecule has 2 nitrogen and oxygen atoms in total. The van der Waals surface area contributed by atoms with Gasteiger partial charge in [0.15, 0.2) is 0 Å². The van der Waals surface area contributed by atoms with Crippen molar-refractivity contribution in [1.82, 2.24) is 4.98 Å². The zero-order valence-electron chi connectivity index (χ0n) is 9.41. The van der Waals surface area contributed by atoms with Gasteiger partial charge in [0.25, 0.3) is 0 Å². The first-order valence-corrected chi connectivity index (χ1v) is 6.01. The molecule has 0 saturated carbocycles. The number of hydrogen-bond donors (Lipinski definition) is 0. The first kappa shape index (κ1) is 13.7. The summed E-state index contributed by atoms with van der Waals surface area (Å²) >= 11 is 3.06. The Hall–Kier alpha value is -1.69. The van der Waals surface area contributed by atoms with E-state index < -0.39 is 28.8 Å². The molecule has 0 saturated heterocycles. The molecule has 0 aliphatic carbocycles. The fourth-order valence-electron chi connectivity index (χ4n) is 1.49. The number of alkyl halides is 2. The normalized spacial score (nSPS) is 11.4. The van der Waals surface area contributed by atoms with Crippen LogP contribution in [0.1, 0.15) is 16.1 Å². The van der Waals surface area contributed by atoms with Gasteiger partial charge < -0.3 is 0 Å². The van der Waals surface area contributed by atoms with Crippen LogP contribution in [0.25, 0.3) is 0 Å². The van der Waals surface area contributed by atoms with E-state index in [0.717, 1.165) is 24.3 Å². The lowest BCUT2D eigenvalue weighted by molar-refractivity contribution is 0.00462. The van der Waals surface area contributed by atoms with E-state index in [4.69, 9.17) is 0 Å². The van der Waals surface area contributed by atoms with Gasteiger partial charge in [-0.3, -0.25) is 9.78 Å². The second-order valence-corrected chi connectivity index (χ2v) is 4.69. The third-order valence-electron chi connectivity index (χ3n) is 2.42. The predicted molar refractivity (Wildman–Crippen MR) is 66.6 cm³/mol. The van der Waals surface area contributed by atoms with Crippen LogP contribution in [0.3, 0.4) is 0 Å². The van der Waals surface area contributed by atoms with Gasteiger partial charge in [-0.1, -0.05) is 12.1 Å². The number of hydrogen-bond acceptors (Lipinski definition) is 2. The average molecular weight is 330 g/mol. The maximum Gasteiger partial charge on any atom is 0.351 e. The fraction of sp³-hybridized carbons (Fsp3) is 0.0769. The molecular weight excluding hydrogens is 323 g/mol. The molecule has 0 bridgehead atoms. The second kappa shape index (κ2) is 5.13. The number of carbonyl (C=O) groups is 1. The summed E-state index contributed by atoms with van der Waals surface area (Å²) in [6.07, 6.45) is 1.17. The van der Waals surface area contributed by atoms with Crippen LogP contribution in [-0.2, 0) is 5.92 Å². The third-order valence-corrected chi connectivity index (χ3v) is 2.89. The molecule has 0 aliphatic heterocycles. The van der Waals surface area contributed by atoms with Crippen molar-refractivity contribution in [1.29, 1.82) is 0 Å². The van der Waals surface area contributed by atoms with E-state index >= 15 is 0 Å². The lowest BCUT2D eigenvalue weighted by Gasteiger charge is -2.14. The molecule has 0 spiro atoms. The zero-order chi connectivity index (χ0) is 14.0. The highest BCUT2D eigenvalue weighted by Crippen LogP contribution is 2.31. The molecule has 1 aromatic heterocycles. The van der Waals surface area contributed by atoms with Crippen LogP contribution in [0.5, 0.6) is 0 Å². The molecule has 0 amide bonds. The number of pyridine rings is 1. The summed E-state index contributed by atoms with van der Waals surface area (Å²) in [6, 6.07) is 6.59. The summed E-state index contributed by atoms with van der Waals surface area (Å²) in [5.41, 5.74) is -1.07. The quantitative estimate of drug-likeness (QED) is 0.798. The van der Waals surface area contributed by atoms with Gasteiger partial charge in [-0.2, -0.15) is 8.78 Å². The maximum absolute atomic E-state index is 13.9. The Morgan fingerprint density at radius 2 is 1.95 bits per heavy atom. The van der Waals surface area contributed by atoms with E-state index in [9.17, 15) is 18.0 Å². The van der Waals surface area contributed by atoms with Crippen molar-refractivity contribution >= 4 is 21.7 Å². The Kier molecular flexibility index (Phi) is 3.71. The highest BCUT2D eigenvalue weighted by Gasteiger charge is 2.42. The molecule has 19 heavy (non-hydrogen) atoms. The predicted octanol–water partition coefficient (Wildman–Crippen LogP) is 3.96. The molecule has 0 atom stereocenters. The first-order chi connectivity index (χ1) is 8.91. The Balaban J connectivity index is 2.38. The van der Waals surface area contributed by atoms with Crippen molar-refractivity contribution in [3.05, 3.63) is 64.1 Å². The molecule has 2 aromatic rings. The Morgan fingerprint density at radius 1 is 1.21 bits per heavy atom. The van der Waals surface area contributed by atoms with Crippen molar-refractivity contribution < 1.29 is 18.0 Å². The zero-order valence-corrected chi connectivity index (χ0v) is 11.0. The van der Waals surface area contributed by atoms with Crippen molar-refractivity contribution in [2.45, 2.75) is 5.92 Å². The number of Topliss-reactive ketones (excluding diaryl/α,β-unsaturated/α-hetero) is 1. The standard InChI is InChI=1S/C13H7BrF3NO/c14-9-4-5-11(18-7-9)13(16,17)12(19)8-2-1-3-10(15)6-8/h1-7H. The highest BCUT2D eigenvalue weighted by molar-refractivity contribution is 9.10. The Labute approximate surface area is 115 Å². The monoisotopic (exact) mass is 329 g/mol. The number of benzene rings is 1. The van der Waals surface area contributed by atoms with Crippen LogP contribution in [0.15, 0.2) is 47.1 Å². The summed E-state index contributed by atoms with van der Waals surface area (Å²) in [7, 11) is 0. The fourth-order valence-corrected chi connectivity index (χ4v) is 1.72. The summed E-state index contributed by atoms with van der Waals surface area (Å²) in [4.78, 5) is 15.2. The van der Waals surface area contributed by atoms with Gasteiger partial charge in [0.1, 0.15) is 11.5 Å². The highest BCUT2D eigenvalue weighted by atomic mass is 79.9. The molecule has 6 heteroatoms. The van der Waals surface area contributed by atoms with E-state index in [1.54, 1.807) is 0 Å². The van der Waals surface area contributed by atoms with Crippen LogP contribution in [0.2, 0.25) is 0 Å². The van der Waals surface area contributed by atoms with E-state index in [0.29, 0.717) is 4.47 Å². The average Bonchev–Trinajstić information content (AvgIpc) is 2.38. The second-order valence-electron chi connectivity index (χ2n) is 3.78. The number of carbonyl (C=O) groups excluding carboxylic acids is 1. The number of rotatable bonds is 3. The Bertz CT molecular complexity index is 614. The number of nitrogens with zero attached hydrogens (tertiary/aromatic N) is 1. The van der Waals surface area contributed by atoms with Crippen molar-refractivity contribution in [2.24, 2.45) is 0 Å². The van der Waals surface area contributed by atoms with Crippen molar-refractivity contribution in [3.63, 3.8) is 0 Å². The van der Waals surface area contributed by atoms with Gasteiger partial charge in [-0.05, 0) is 40.2 Å². The summed E-state index contributed by atoms with van der Waals surface area (Å²) in [5, 5.41) is 0. The topological polar surface area (TPSA) is 30.0 Å². The van der Waals surface area contributed by atoms with E-state index in [1.165, 1.54) is 18.3 Å². The Morgan fingerprint density at radius 3 is 2.53 bits per heavy atom. The van der Waals surface area contributed by atoms with E-state index in [2.05, 4.69) is 20.9 Å². The van der Waals surface area contributed by atoms with Gasteiger partial charge in [-0.15, -0.1) is 0 Å². The third kappa shape index (κ3) is 2.84. The summed E-state index contributed by atoms with van der Waals surface area (Å²) in [6.45, 7) is 0. The van der Waals surface area contributed by atoms with Gasteiger partial charge in [0, 0.05) is 16.2 Å². The van der Waals surface area contributed by atoms with Crippen molar-refractivity contribution in [2.75, 3.05) is 0 Å². The molecule has 1 heterocycles. The smallest absolute Gasteiger partial charge is 0.287 e. The lowest BCUT2D eigenvalue weighted by Crippen LogP contribution is -2.27. The molecule has 0 N–H and O–H groups in total. The lowest BCUT2D eigenvalue weighted by atomic mass is 10.0. The number of halogens is 4. The van der Waals surface area contributed by atoms with Crippen LogP contribution in [-0.4, -0.2) is 10.8 Å². The van der Waals surface area contributed by atoms with Gasteiger partial charge in [-0.25, -0.2) is 4.39 Å². The van der Waals surface area contributed by atoms with Crippen LogP contribution >= 0.6 is 15.9 Å². The minimum Gasteiger partial charge on any atom is -0.287 e. The van der Waals surface area contributed by atoms with Crippen LogP contribution < -0.4 is 0 Å². The largest absolute Gasteiger partial charge is 0.351 e. The molecule has 98 valence electrons. The van der Waals surface area contributed by atoms with Crippen LogP contribution in [0.4, 0.5) is 13.2 Å². The molecule has 1 aromatic carbocycles. The molecule has 2 rings (SSSR count). The van der Waals surface area contributed by atoms with Gasteiger partial charge >= 0.3 is 5.92 Å². The molecule has 0 fully saturated rings. The minimum absolute atomic E-state index is 0.394. The molecule has 0 unspecified atom stereocenters. The molecular formula is C13H7BrF3NO. The number of aromatic nitrogens is 1. The van der Waals surface area contributed by atoms with Gasteiger partial charge in [0.2, 0.25) is 5.78 Å². The maximum atomic E-state index is 13.9. The summed E-state index contributed by atoms with van der Waals surface area (Å²) in [5.74, 6) is -6.03. The number of ketones is 1. The molecule has 0 radical (unpaired) electrons. The van der Waals surface area contributed by atoms with E-state index in [-0.39, 0.29) is 0 Å². The molecule has 0 aliphatic rings.